The smallest absolute Gasteiger partial charge is 0.242 e. The second-order valence-corrected chi connectivity index (χ2v) is 5.62. The topological polar surface area (TPSA) is 60.9 Å². The van der Waals surface area contributed by atoms with Crippen LogP contribution in [-0.2, 0) is 9.59 Å². The molecule has 1 N–H and O–H groups in total. The average Bonchev–Trinajstić information content (AvgIpc) is 2.41. The van der Waals surface area contributed by atoms with Crippen molar-refractivity contribution in [2.24, 2.45) is 0 Å². The van der Waals surface area contributed by atoms with Gasteiger partial charge in [0.25, 0.3) is 0 Å². The molecule has 2 rings (SSSR count). The van der Waals surface area contributed by atoms with E-state index in [-0.39, 0.29) is 31.4 Å². The Hall–Kier alpha value is -1.88. The number of hydrogen-bond donors (Lipinski definition) is 1. The van der Waals surface area contributed by atoms with Gasteiger partial charge in [-0.05, 0) is 26.3 Å². The molecule has 2 amide bonds. The fraction of sp³-hybridized carbons (Fsp3) is 0.500. The summed E-state index contributed by atoms with van der Waals surface area (Å²) in [6, 6.07) is 5.85. The number of aliphatic hydroxyl groups is 1. The van der Waals surface area contributed by atoms with Crippen molar-refractivity contribution in [1.29, 1.82) is 0 Å². The molecule has 21 heavy (non-hydrogen) atoms. The number of likely N-dealkylation sites (N-methyl/N-ethyl adjacent to an activating group) is 1. The lowest BCUT2D eigenvalue weighted by Gasteiger charge is -2.34. The number of amides is 2. The second kappa shape index (κ2) is 6.26. The molecule has 5 heteroatoms. The lowest BCUT2D eigenvalue weighted by Crippen LogP contribution is -2.54. The van der Waals surface area contributed by atoms with Gasteiger partial charge in [0.05, 0.1) is 25.7 Å². The molecule has 1 aromatic rings. The highest BCUT2D eigenvalue weighted by atomic mass is 16.3. The Morgan fingerprint density at radius 3 is 2.14 bits per heavy atom. The van der Waals surface area contributed by atoms with Crippen molar-refractivity contribution in [2.45, 2.75) is 26.9 Å². The number of benzene rings is 1. The molecule has 0 aliphatic carbocycles. The molecule has 0 saturated carbocycles. The van der Waals surface area contributed by atoms with E-state index in [2.05, 4.69) is 0 Å². The number of carbonyl (C=O) groups is 2. The van der Waals surface area contributed by atoms with Crippen molar-refractivity contribution in [3.8, 4) is 0 Å². The first kappa shape index (κ1) is 15.5. The van der Waals surface area contributed by atoms with E-state index in [0.717, 1.165) is 16.7 Å². The van der Waals surface area contributed by atoms with E-state index in [1.807, 2.05) is 39.0 Å². The molecule has 1 unspecified atom stereocenters. The normalized spacial score (nSPS) is 17.3. The van der Waals surface area contributed by atoms with Crippen molar-refractivity contribution in [2.75, 3.05) is 26.2 Å². The van der Waals surface area contributed by atoms with Crippen LogP contribution in [0.3, 0.4) is 0 Å². The molecule has 1 atom stereocenters. The molecular formula is C16H22N2O3. The Labute approximate surface area is 125 Å². The first-order valence-electron chi connectivity index (χ1n) is 7.22. The zero-order valence-electron chi connectivity index (χ0n) is 12.8. The van der Waals surface area contributed by atoms with Gasteiger partial charge in [-0.1, -0.05) is 29.3 Å². The molecule has 1 fully saturated rings. The van der Waals surface area contributed by atoms with E-state index in [0.29, 0.717) is 6.54 Å². The summed E-state index contributed by atoms with van der Waals surface area (Å²) in [5.41, 5.74) is 2.93. The van der Waals surface area contributed by atoms with Crippen LogP contribution in [-0.4, -0.2) is 52.9 Å². The zero-order chi connectivity index (χ0) is 15.6. The van der Waals surface area contributed by atoms with Crippen LogP contribution < -0.4 is 0 Å². The maximum Gasteiger partial charge on any atom is 0.242 e. The number of nitrogens with zero attached hydrogens (tertiary/aromatic N) is 2. The van der Waals surface area contributed by atoms with Gasteiger partial charge >= 0.3 is 0 Å². The quantitative estimate of drug-likeness (QED) is 0.901. The minimum Gasteiger partial charge on any atom is -0.387 e. The number of aliphatic hydroxyl groups excluding tert-OH is 1. The highest BCUT2D eigenvalue weighted by Crippen LogP contribution is 2.19. The summed E-state index contributed by atoms with van der Waals surface area (Å²) in [6.45, 7) is 6.65. The number of aryl methyl sites for hydroxylation is 2. The minimum absolute atomic E-state index is 0.0501. The van der Waals surface area contributed by atoms with Crippen LogP contribution in [0.15, 0.2) is 18.2 Å². The van der Waals surface area contributed by atoms with Gasteiger partial charge in [0.2, 0.25) is 11.8 Å². The SMILES string of the molecule is CCN1CC(=O)N(CC(O)c2cc(C)cc(C)c2)CC1=O. The number of β-amino-alcohol motifs (C(OH)–C–C–N with tert-alkyl or cyclic N) is 1. The average molecular weight is 290 g/mol. The molecule has 0 aromatic heterocycles. The highest BCUT2D eigenvalue weighted by molar-refractivity contribution is 5.92. The molecule has 1 aliphatic heterocycles. The van der Waals surface area contributed by atoms with E-state index in [1.54, 1.807) is 0 Å². The van der Waals surface area contributed by atoms with E-state index in [1.165, 1.54) is 9.80 Å². The summed E-state index contributed by atoms with van der Waals surface area (Å²) in [7, 11) is 0. The maximum atomic E-state index is 12.0. The van der Waals surface area contributed by atoms with Gasteiger partial charge in [-0.3, -0.25) is 9.59 Å². The standard InChI is InChI=1S/C16H22N2O3/c1-4-17-9-16(21)18(10-15(17)20)8-14(19)13-6-11(2)5-12(3)7-13/h5-7,14,19H,4,8-10H2,1-3H3. The van der Waals surface area contributed by atoms with Crippen molar-refractivity contribution >= 4 is 11.8 Å². The molecule has 1 aromatic carbocycles. The number of hydrogen-bond acceptors (Lipinski definition) is 3. The molecule has 5 nitrogen and oxygen atoms in total. The lowest BCUT2D eigenvalue weighted by atomic mass is 10.0. The van der Waals surface area contributed by atoms with Gasteiger partial charge in [0, 0.05) is 6.54 Å². The largest absolute Gasteiger partial charge is 0.387 e. The van der Waals surface area contributed by atoms with Crippen LogP contribution >= 0.6 is 0 Å². The monoisotopic (exact) mass is 290 g/mol. The Balaban J connectivity index is 2.07. The second-order valence-electron chi connectivity index (χ2n) is 5.62. The third kappa shape index (κ3) is 3.61. The Bertz CT molecular complexity index is 536. The summed E-state index contributed by atoms with van der Waals surface area (Å²) in [4.78, 5) is 26.9. The predicted octanol–water partition coefficient (Wildman–Crippen LogP) is 1.03. The molecule has 0 bridgehead atoms. The number of carbonyl (C=O) groups excluding carboxylic acids is 2. The van der Waals surface area contributed by atoms with Crippen LogP contribution in [0, 0.1) is 13.8 Å². The third-order valence-corrected chi connectivity index (χ3v) is 3.76. The first-order valence-corrected chi connectivity index (χ1v) is 7.22. The van der Waals surface area contributed by atoms with E-state index in [4.69, 9.17) is 0 Å². The maximum absolute atomic E-state index is 12.0. The zero-order valence-corrected chi connectivity index (χ0v) is 12.8. The molecular weight excluding hydrogens is 268 g/mol. The highest BCUT2D eigenvalue weighted by Gasteiger charge is 2.30. The Morgan fingerprint density at radius 2 is 1.57 bits per heavy atom. The third-order valence-electron chi connectivity index (χ3n) is 3.76. The van der Waals surface area contributed by atoms with Crippen molar-refractivity contribution in [3.05, 3.63) is 34.9 Å². The van der Waals surface area contributed by atoms with Crippen molar-refractivity contribution in [1.82, 2.24) is 9.80 Å². The molecule has 1 aliphatic rings. The van der Waals surface area contributed by atoms with Gasteiger partial charge < -0.3 is 14.9 Å². The van der Waals surface area contributed by atoms with Crippen LogP contribution in [0.25, 0.3) is 0 Å². The van der Waals surface area contributed by atoms with Gasteiger partial charge in [0.15, 0.2) is 0 Å². The molecule has 1 saturated heterocycles. The Kier molecular flexibility index (Phi) is 4.63. The lowest BCUT2D eigenvalue weighted by molar-refractivity contribution is -0.151. The van der Waals surface area contributed by atoms with Crippen molar-refractivity contribution in [3.63, 3.8) is 0 Å². The molecule has 114 valence electrons. The van der Waals surface area contributed by atoms with Crippen LogP contribution in [0.5, 0.6) is 0 Å². The van der Waals surface area contributed by atoms with Crippen LogP contribution in [0.1, 0.15) is 29.7 Å². The molecule has 1 heterocycles. The minimum atomic E-state index is -0.770. The fourth-order valence-electron chi connectivity index (χ4n) is 2.67. The number of rotatable bonds is 4. The van der Waals surface area contributed by atoms with E-state index in [9.17, 15) is 14.7 Å². The summed E-state index contributed by atoms with van der Waals surface area (Å²) >= 11 is 0. The molecule has 0 radical (unpaired) electrons. The van der Waals surface area contributed by atoms with E-state index < -0.39 is 6.10 Å². The van der Waals surface area contributed by atoms with Crippen LogP contribution in [0.2, 0.25) is 0 Å². The van der Waals surface area contributed by atoms with Crippen molar-refractivity contribution < 1.29 is 14.7 Å². The summed E-state index contributed by atoms with van der Waals surface area (Å²) in [5.74, 6) is -0.176. The van der Waals surface area contributed by atoms with Gasteiger partial charge in [-0.15, -0.1) is 0 Å². The summed E-state index contributed by atoms with van der Waals surface area (Å²) in [6.07, 6.45) is -0.770. The van der Waals surface area contributed by atoms with E-state index >= 15 is 0 Å². The van der Waals surface area contributed by atoms with Gasteiger partial charge in [0.1, 0.15) is 0 Å². The van der Waals surface area contributed by atoms with Gasteiger partial charge in [-0.25, -0.2) is 0 Å². The van der Waals surface area contributed by atoms with Crippen LogP contribution in [0.4, 0.5) is 0 Å². The first-order chi connectivity index (χ1) is 9.90. The fourth-order valence-corrected chi connectivity index (χ4v) is 2.67. The number of piperazine rings is 1. The summed E-state index contributed by atoms with van der Waals surface area (Å²) < 4.78 is 0. The summed E-state index contributed by atoms with van der Waals surface area (Å²) in [5, 5.41) is 10.3. The molecule has 0 spiro atoms. The predicted molar refractivity (Wildman–Crippen MR) is 79.7 cm³/mol. The Morgan fingerprint density at radius 1 is 1.05 bits per heavy atom. The van der Waals surface area contributed by atoms with Gasteiger partial charge in [-0.2, -0.15) is 0 Å².